The molecule has 0 bridgehead atoms. The van der Waals surface area contributed by atoms with E-state index < -0.39 is 0 Å². The van der Waals surface area contributed by atoms with E-state index in [4.69, 9.17) is 0 Å². The molecule has 280 valence electrons. The zero-order valence-electron chi connectivity index (χ0n) is 32.5. The first-order chi connectivity index (χ1) is 30.2. The first-order valence-corrected chi connectivity index (χ1v) is 21.2. The average molecular weight is 791 g/mol. The molecular formula is C56H30N4S. The van der Waals surface area contributed by atoms with E-state index in [0.29, 0.717) is 16.8 Å². The van der Waals surface area contributed by atoms with Crippen LogP contribution < -0.4 is 0 Å². The van der Waals surface area contributed by atoms with Crippen molar-refractivity contribution in [3.05, 3.63) is 199 Å². The summed E-state index contributed by atoms with van der Waals surface area (Å²) in [5.41, 5.74) is 9.65. The van der Waals surface area contributed by atoms with Crippen LogP contribution in [0.3, 0.4) is 0 Å². The Bertz CT molecular complexity index is 3970. The fraction of sp³-hybridized carbons (Fsp3) is 0. The van der Waals surface area contributed by atoms with Crippen LogP contribution >= 0.6 is 11.3 Å². The Morgan fingerprint density at radius 2 is 0.967 bits per heavy atom. The van der Waals surface area contributed by atoms with Gasteiger partial charge < -0.3 is 9.13 Å². The van der Waals surface area contributed by atoms with Crippen molar-refractivity contribution in [3.63, 3.8) is 0 Å². The van der Waals surface area contributed by atoms with Gasteiger partial charge in [-0.15, -0.1) is 11.3 Å². The maximum Gasteiger partial charge on any atom is 0.220 e. The van der Waals surface area contributed by atoms with Crippen LogP contribution in [0.1, 0.15) is 5.56 Å². The minimum Gasteiger partial charge on any atom is -0.318 e. The second kappa shape index (κ2) is 12.6. The normalized spacial score (nSPS) is 11.9. The molecule has 0 unspecified atom stereocenters. The Labute approximate surface area is 353 Å². The van der Waals surface area contributed by atoms with Gasteiger partial charge in [-0.25, -0.2) is 4.85 Å². The number of para-hydroxylation sites is 1. The van der Waals surface area contributed by atoms with Crippen molar-refractivity contribution in [2.45, 2.75) is 0 Å². The summed E-state index contributed by atoms with van der Waals surface area (Å²) in [4.78, 5) is 4.51. The number of fused-ring (bicyclic) bond motifs is 10. The molecule has 10 aromatic carbocycles. The van der Waals surface area contributed by atoms with Gasteiger partial charge in [-0.2, -0.15) is 5.26 Å². The Morgan fingerprint density at radius 1 is 0.426 bits per heavy atom. The van der Waals surface area contributed by atoms with Gasteiger partial charge in [0, 0.05) is 52.8 Å². The third kappa shape index (κ3) is 4.45. The molecule has 0 spiro atoms. The van der Waals surface area contributed by atoms with E-state index in [1.165, 1.54) is 36.3 Å². The van der Waals surface area contributed by atoms with Gasteiger partial charge in [-0.1, -0.05) is 152 Å². The van der Waals surface area contributed by atoms with Crippen LogP contribution in [0.5, 0.6) is 0 Å². The van der Waals surface area contributed by atoms with Gasteiger partial charge in [-0.3, -0.25) is 0 Å². The number of benzene rings is 10. The lowest BCUT2D eigenvalue weighted by atomic mass is 9.88. The second-order valence-electron chi connectivity index (χ2n) is 15.7. The fourth-order valence-corrected chi connectivity index (χ4v) is 11.5. The van der Waals surface area contributed by atoms with E-state index in [2.05, 4.69) is 166 Å². The lowest BCUT2D eigenvalue weighted by molar-refractivity contribution is 1.14. The van der Waals surface area contributed by atoms with Crippen molar-refractivity contribution < 1.29 is 0 Å². The SMILES string of the molecule is [C-]#[N+]c1c(-c2ccccc2)c(C#N)c(-n2c3ccccc3c3ccc4sc5ccccc5c4c32)c(-c2ccccc2)c1-n1c2cccc3c4ccccc4c4cccc1c4c32. The predicted octanol–water partition coefficient (Wildman–Crippen LogP) is 15.7. The zero-order valence-corrected chi connectivity index (χ0v) is 33.3. The monoisotopic (exact) mass is 790 g/mol. The summed E-state index contributed by atoms with van der Waals surface area (Å²) in [5, 5.41) is 23.4. The number of hydrogen-bond acceptors (Lipinski definition) is 2. The Hall–Kier alpha value is -8.22. The molecule has 4 nitrogen and oxygen atoms in total. The molecule has 13 aromatic rings. The molecule has 13 rings (SSSR count). The summed E-state index contributed by atoms with van der Waals surface area (Å²) < 4.78 is 7.08. The number of hydrogen-bond donors (Lipinski definition) is 0. The summed E-state index contributed by atoms with van der Waals surface area (Å²) in [6.07, 6.45) is 0. The summed E-state index contributed by atoms with van der Waals surface area (Å²) in [7, 11) is 0. The highest BCUT2D eigenvalue weighted by Crippen LogP contribution is 2.54. The largest absolute Gasteiger partial charge is 0.318 e. The first kappa shape index (κ1) is 33.7. The smallest absolute Gasteiger partial charge is 0.220 e. The second-order valence-corrected chi connectivity index (χ2v) is 16.8. The molecule has 0 saturated heterocycles. The standard InChI is InChI=1S/C56H30N4S/c1-58-53-48(33-16-4-2-5-17-33)42(32-57)55(60-43-26-12-10-22-37(43)40-30-31-47-52(54(40)60)41-23-11-13-29-46(41)61-47)49(34-18-6-3-7-19-34)56(53)59-44-27-14-24-38-35-20-8-9-21-36(35)39-25-15-28-45(59)51(39)50(38)44/h2-31H. The Kier molecular flexibility index (Phi) is 6.99. The van der Waals surface area contributed by atoms with Crippen LogP contribution in [-0.4, -0.2) is 9.13 Å². The van der Waals surface area contributed by atoms with Crippen LogP contribution in [0.2, 0.25) is 0 Å². The molecule has 0 saturated carbocycles. The molecule has 0 aliphatic carbocycles. The molecule has 61 heavy (non-hydrogen) atoms. The zero-order chi connectivity index (χ0) is 40.3. The molecule has 3 aromatic heterocycles. The van der Waals surface area contributed by atoms with E-state index in [1.807, 2.05) is 36.4 Å². The molecule has 0 atom stereocenters. The maximum atomic E-state index is 11.8. The number of aromatic nitrogens is 2. The summed E-state index contributed by atoms with van der Waals surface area (Å²) in [6.45, 7) is 9.21. The summed E-state index contributed by atoms with van der Waals surface area (Å²) in [5.74, 6) is 0. The molecular weight excluding hydrogens is 761 g/mol. The van der Waals surface area contributed by atoms with E-state index in [9.17, 15) is 11.8 Å². The van der Waals surface area contributed by atoms with E-state index >= 15 is 0 Å². The van der Waals surface area contributed by atoms with Crippen molar-refractivity contribution in [1.82, 2.24) is 9.13 Å². The average Bonchev–Trinajstić information content (AvgIpc) is 3.99. The summed E-state index contributed by atoms with van der Waals surface area (Å²) >= 11 is 1.79. The highest BCUT2D eigenvalue weighted by molar-refractivity contribution is 7.26. The van der Waals surface area contributed by atoms with Gasteiger partial charge in [0.15, 0.2) is 0 Å². The van der Waals surface area contributed by atoms with E-state index in [-0.39, 0.29) is 0 Å². The number of nitrogens with zero attached hydrogens (tertiary/aromatic N) is 4. The van der Waals surface area contributed by atoms with Crippen LogP contribution in [0, 0.1) is 17.9 Å². The van der Waals surface area contributed by atoms with Crippen LogP contribution in [-0.2, 0) is 0 Å². The van der Waals surface area contributed by atoms with Gasteiger partial charge in [0.2, 0.25) is 5.69 Å². The fourth-order valence-electron chi connectivity index (χ4n) is 10.4. The highest BCUT2D eigenvalue weighted by Gasteiger charge is 2.32. The molecule has 3 heterocycles. The van der Waals surface area contributed by atoms with Crippen molar-refractivity contribution in [2.24, 2.45) is 0 Å². The van der Waals surface area contributed by atoms with Gasteiger partial charge in [0.25, 0.3) is 0 Å². The van der Waals surface area contributed by atoms with Crippen molar-refractivity contribution in [2.75, 3.05) is 0 Å². The summed E-state index contributed by atoms with van der Waals surface area (Å²) in [6, 6.07) is 66.7. The lowest BCUT2D eigenvalue weighted by Gasteiger charge is -2.26. The first-order valence-electron chi connectivity index (χ1n) is 20.4. The molecule has 0 aliphatic heterocycles. The minimum absolute atomic E-state index is 0.434. The molecule has 0 aliphatic rings. The Morgan fingerprint density at radius 3 is 1.61 bits per heavy atom. The number of rotatable bonds is 4. The topological polar surface area (TPSA) is 38.0 Å². The molecule has 0 N–H and O–H groups in total. The van der Waals surface area contributed by atoms with Crippen LogP contribution in [0.4, 0.5) is 5.69 Å². The predicted molar refractivity (Wildman–Crippen MR) is 256 cm³/mol. The van der Waals surface area contributed by atoms with Gasteiger partial charge >= 0.3 is 0 Å². The maximum absolute atomic E-state index is 11.8. The van der Waals surface area contributed by atoms with E-state index in [1.54, 1.807) is 11.3 Å². The molecule has 0 fully saturated rings. The van der Waals surface area contributed by atoms with Crippen LogP contribution in [0.25, 0.3) is 124 Å². The third-order valence-electron chi connectivity index (χ3n) is 12.7. The van der Waals surface area contributed by atoms with Gasteiger partial charge in [-0.05, 0) is 63.0 Å². The molecule has 0 radical (unpaired) electrons. The lowest BCUT2D eigenvalue weighted by Crippen LogP contribution is -2.08. The van der Waals surface area contributed by atoms with E-state index in [0.717, 1.165) is 77.1 Å². The quantitative estimate of drug-likeness (QED) is 0.129. The van der Waals surface area contributed by atoms with Crippen LogP contribution in [0.15, 0.2) is 182 Å². The number of thiophene rings is 1. The minimum atomic E-state index is 0.434. The van der Waals surface area contributed by atoms with Crippen molar-refractivity contribution in [1.29, 1.82) is 5.26 Å². The third-order valence-corrected chi connectivity index (χ3v) is 13.9. The van der Waals surface area contributed by atoms with Gasteiger partial charge in [0.05, 0.1) is 45.6 Å². The highest BCUT2D eigenvalue weighted by atomic mass is 32.1. The molecule has 5 heteroatoms. The van der Waals surface area contributed by atoms with Crippen molar-refractivity contribution in [3.8, 4) is 39.7 Å². The van der Waals surface area contributed by atoms with Crippen molar-refractivity contribution >= 4 is 102 Å². The number of nitriles is 1. The van der Waals surface area contributed by atoms with Gasteiger partial charge in [0.1, 0.15) is 6.07 Å². The molecule has 0 amide bonds. The Balaban J connectivity index is 1.35.